The average Bonchev–Trinajstić information content (AvgIpc) is 2.98. The van der Waals surface area contributed by atoms with Gasteiger partial charge in [0.05, 0.1) is 10.9 Å². The van der Waals surface area contributed by atoms with Crippen LogP contribution in [0.4, 0.5) is 0 Å². The van der Waals surface area contributed by atoms with Gasteiger partial charge in [-0.15, -0.1) is 0 Å². The number of hydrogen-bond donors (Lipinski definition) is 3. The molecular formula is C13H19N3O3S. The van der Waals surface area contributed by atoms with Crippen LogP contribution in [0.3, 0.4) is 0 Å². The molecule has 1 aliphatic rings. The summed E-state index contributed by atoms with van der Waals surface area (Å²) in [6.07, 6.45) is 1.83. The molecule has 1 saturated heterocycles. The molecule has 7 heteroatoms. The largest absolute Gasteiger partial charge is 0.353 e. The van der Waals surface area contributed by atoms with Crippen LogP contribution in [0.1, 0.15) is 12.8 Å². The van der Waals surface area contributed by atoms with E-state index in [-0.39, 0.29) is 29.9 Å². The summed E-state index contributed by atoms with van der Waals surface area (Å²) in [6, 6.07) is 8.02. The minimum atomic E-state index is -3.49. The van der Waals surface area contributed by atoms with E-state index in [2.05, 4.69) is 15.4 Å². The molecular weight excluding hydrogens is 278 g/mol. The smallest absolute Gasteiger partial charge is 0.240 e. The Morgan fingerprint density at radius 2 is 2.00 bits per heavy atom. The van der Waals surface area contributed by atoms with Crippen LogP contribution in [0.2, 0.25) is 0 Å². The molecule has 2 rings (SSSR count). The molecule has 0 spiro atoms. The first-order chi connectivity index (χ1) is 9.59. The summed E-state index contributed by atoms with van der Waals surface area (Å²) < 4.78 is 26.3. The van der Waals surface area contributed by atoms with Gasteiger partial charge in [-0.3, -0.25) is 4.79 Å². The molecule has 110 valence electrons. The molecule has 0 aliphatic carbocycles. The van der Waals surface area contributed by atoms with Crippen molar-refractivity contribution in [2.75, 3.05) is 19.6 Å². The van der Waals surface area contributed by atoms with Gasteiger partial charge in [0.2, 0.25) is 15.9 Å². The zero-order chi connectivity index (χ0) is 14.4. The van der Waals surface area contributed by atoms with Crippen LogP contribution >= 0.6 is 0 Å². The Labute approximate surface area is 119 Å². The average molecular weight is 297 g/mol. The zero-order valence-corrected chi connectivity index (χ0v) is 11.9. The van der Waals surface area contributed by atoms with Gasteiger partial charge in [-0.2, -0.15) is 0 Å². The van der Waals surface area contributed by atoms with Crippen LogP contribution in [0.15, 0.2) is 35.2 Å². The molecule has 1 aromatic rings. The summed E-state index contributed by atoms with van der Waals surface area (Å²) in [5, 5.41) is 5.81. The normalized spacial score (nSPS) is 18.9. The first-order valence-electron chi connectivity index (χ1n) is 6.65. The van der Waals surface area contributed by atoms with Gasteiger partial charge < -0.3 is 10.6 Å². The van der Waals surface area contributed by atoms with Crippen LogP contribution < -0.4 is 15.4 Å². The van der Waals surface area contributed by atoms with E-state index in [9.17, 15) is 13.2 Å². The minimum absolute atomic E-state index is 0.0681. The first kappa shape index (κ1) is 15.0. The summed E-state index contributed by atoms with van der Waals surface area (Å²) >= 11 is 0. The molecule has 6 nitrogen and oxygen atoms in total. The van der Waals surface area contributed by atoms with Gasteiger partial charge in [-0.25, -0.2) is 13.1 Å². The van der Waals surface area contributed by atoms with Crippen molar-refractivity contribution in [1.82, 2.24) is 15.4 Å². The Balaban J connectivity index is 1.74. The first-order valence-corrected chi connectivity index (χ1v) is 8.14. The number of carbonyl (C=O) groups is 1. The van der Waals surface area contributed by atoms with Gasteiger partial charge in [0, 0.05) is 13.1 Å². The molecule has 1 fully saturated rings. The molecule has 1 aromatic carbocycles. The van der Waals surface area contributed by atoms with Crippen molar-refractivity contribution in [2.45, 2.75) is 23.8 Å². The lowest BCUT2D eigenvalue weighted by atomic mass is 10.2. The van der Waals surface area contributed by atoms with Crippen molar-refractivity contribution in [3.63, 3.8) is 0 Å². The highest BCUT2D eigenvalue weighted by molar-refractivity contribution is 7.89. The molecule has 0 radical (unpaired) electrons. The van der Waals surface area contributed by atoms with E-state index >= 15 is 0 Å². The number of sulfonamides is 1. The molecule has 1 heterocycles. The quantitative estimate of drug-likeness (QED) is 0.636. The Morgan fingerprint density at radius 3 is 2.65 bits per heavy atom. The SMILES string of the molecule is O=C(NCCNS(=O)(=O)c1ccccc1)C1CCCN1. The monoisotopic (exact) mass is 297 g/mol. The number of benzene rings is 1. The number of rotatable bonds is 6. The molecule has 0 aromatic heterocycles. The number of nitrogens with one attached hydrogen (secondary N) is 3. The molecule has 1 unspecified atom stereocenters. The fraction of sp³-hybridized carbons (Fsp3) is 0.462. The predicted octanol–water partition coefficient (Wildman–Crippen LogP) is -0.167. The highest BCUT2D eigenvalue weighted by Crippen LogP contribution is 2.06. The van der Waals surface area contributed by atoms with Gasteiger partial charge in [0.15, 0.2) is 0 Å². The van der Waals surface area contributed by atoms with Crippen molar-refractivity contribution in [1.29, 1.82) is 0 Å². The van der Waals surface area contributed by atoms with E-state index in [4.69, 9.17) is 0 Å². The van der Waals surface area contributed by atoms with Crippen LogP contribution in [-0.2, 0) is 14.8 Å². The topological polar surface area (TPSA) is 87.3 Å². The second kappa shape index (κ2) is 6.83. The van der Waals surface area contributed by atoms with Gasteiger partial charge in [0.25, 0.3) is 0 Å². The Bertz CT molecular complexity index is 539. The van der Waals surface area contributed by atoms with E-state index in [0.29, 0.717) is 0 Å². The lowest BCUT2D eigenvalue weighted by Crippen LogP contribution is -2.43. The maximum absolute atomic E-state index is 11.9. The third-order valence-corrected chi connectivity index (χ3v) is 4.62. The van der Waals surface area contributed by atoms with E-state index in [1.807, 2.05) is 0 Å². The summed E-state index contributed by atoms with van der Waals surface area (Å²) in [4.78, 5) is 11.9. The van der Waals surface area contributed by atoms with E-state index in [1.54, 1.807) is 18.2 Å². The summed E-state index contributed by atoms with van der Waals surface area (Å²) in [5.74, 6) is -0.0681. The molecule has 0 bridgehead atoms. The van der Waals surface area contributed by atoms with Crippen molar-refractivity contribution >= 4 is 15.9 Å². The standard InChI is InChI=1S/C13H19N3O3S/c17-13(12-7-4-8-14-12)15-9-10-16-20(18,19)11-5-2-1-3-6-11/h1-3,5-6,12,14,16H,4,7-10H2,(H,15,17). The van der Waals surface area contributed by atoms with Crippen LogP contribution in [0, 0.1) is 0 Å². The van der Waals surface area contributed by atoms with Gasteiger partial charge in [-0.1, -0.05) is 18.2 Å². The summed E-state index contributed by atoms with van der Waals surface area (Å²) in [5.41, 5.74) is 0. The van der Waals surface area contributed by atoms with Crippen molar-refractivity contribution in [3.8, 4) is 0 Å². The lowest BCUT2D eigenvalue weighted by Gasteiger charge is -2.11. The summed E-state index contributed by atoms with van der Waals surface area (Å²) in [7, 11) is -3.49. The van der Waals surface area contributed by atoms with Gasteiger partial charge in [-0.05, 0) is 31.5 Å². The van der Waals surface area contributed by atoms with Crippen molar-refractivity contribution in [2.24, 2.45) is 0 Å². The molecule has 0 saturated carbocycles. The number of carbonyl (C=O) groups excluding carboxylic acids is 1. The fourth-order valence-electron chi connectivity index (χ4n) is 2.09. The second-order valence-electron chi connectivity index (χ2n) is 4.65. The molecule has 1 amide bonds. The minimum Gasteiger partial charge on any atom is -0.353 e. The van der Waals surface area contributed by atoms with Crippen molar-refractivity contribution < 1.29 is 13.2 Å². The van der Waals surface area contributed by atoms with Crippen LogP contribution in [0.25, 0.3) is 0 Å². The van der Waals surface area contributed by atoms with Gasteiger partial charge >= 0.3 is 0 Å². The van der Waals surface area contributed by atoms with Crippen molar-refractivity contribution in [3.05, 3.63) is 30.3 Å². The Kier molecular flexibility index (Phi) is 5.11. The molecule has 1 aliphatic heterocycles. The highest BCUT2D eigenvalue weighted by atomic mass is 32.2. The van der Waals surface area contributed by atoms with Crippen LogP contribution in [-0.4, -0.2) is 40.0 Å². The predicted molar refractivity (Wildman–Crippen MR) is 75.7 cm³/mol. The second-order valence-corrected chi connectivity index (χ2v) is 6.42. The third-order valence-electron chi connectivity index (χ3n) is 3.15. The Morgan fingerprint density at radius 1 is 1.25 bits per heavy atom. The third kappa shape index (κ3) is 4.03. The van der Waals surface area contributed by atoms with Gasteiger partial charge in [0.1, 0.15) is 0 Å². The summed E-state index contributed by atoms with van der Waals surface area (Å²) in [6.45, 7) is 1.32. The molecule has 20 heavy (non-hydrogen) atoms. The number of amides is 1. The zero-order valence-electron chi connectivity index (χ0n) is 11.1. The Hall–Kier alpha value is -1.44. The number of hydrogen-bond acceptors (Lipinski definition) is 4. The maximum atomic E-state index is 11.9. The highest BCUT2D eigenvalue weighted by Gasteiger charge is 2.21. The lowest BCUT2D eigenvalue weighted by molar-refractivity contribution is -0.122. The molecule has 1 atom stereocenters. The maximum Gasteiger partial charge on any atom is 0.240 e. The fourth-order valence-corrected chi connectivity index (χ4v) is 3.14. The van der Waals surface area contributed by atoms with E-state index in [0.717, 1.165) is 19.4 Å². The van der Waals surface area contributed by atoms with E-state index in [1.165, 1.54) is 12.1 Å². The molecule has 3 N–H and O–H groups in total. The van der Waals surface area contributed by atoms with Crippen LogP contribution in [0.5, 0.6) is 0 Å². The van der Waals surface area contributed by atoms with E-state index < -0.39 is 10.0 Å².